The first-order valence-electron chi connectivity index (χ1n) is 11.4. The number of hydrogen-bond donors (Lipinski definition) is 2. The fourth-order valence-electron chi connectivity index (χ4n) is 3.72. The van der Waals surface area contributed by atoms with Gasteiger partial charge in [-0.1, -0.05) is 19.4 Å². The van der Waals surface area contributed by atoms with Crippen molar-refractivity contribution in [1.29, 1.82) is 0 Å². The van der Waals surface area contributed by atoms with Crippen molar-refractivity contribution in [3.8, 4) is 16.5 Å². The van der Waals surface area contributed by atoms with Crippen LogP contribution in [-0.4, -0.2) is 46.3 Å². The minimum Gasteiger partial charge on any atom is -0.480 e. The standard InChI is InChI=1S/C24H27N7O3S/c1-4-5-7-19-18(22(32)26-12-17-11-25-14-30(17)16(3)23(33)34)13-28-31(19)24-27-10-15(2)21(29-24)20-8-6-9-35-20/h6,8-11,13-14,16H,4-5,7,12H2,1-3H3,(H,26,32)(H,33,34). The van der Waals surface area contributed by atoms with Gasteiger partial charge in [0.05, 0.1) is 46.6 Å². The molecule has 2 N–H and O–H groups in total. The lowest BCUT2D eigenvalue weighted by atomic mass is 10.1. The van der Waals surface area contributed by atoms with Gasteiger partial charge in [0.1, 0.15) is 6.04 Å². The van der Waals surface area contributed by atoms with Gasteiger partial charge in [0.15, 0.2) is 0 Å². The molecule has 1 amide bonds. The number of aromatic nitrogens is 6. The van der Waals surface area contributed by atoms with Crippen molar-refractivity contribution in [3.05, 3.63) is 64.9 Å². The van der Waals surface area contributed by atoms with Crippen LogP contribution in [0, 0.1) is 6.92 Å². The first-order valence-corrected chi connectivity index (χ1v) is 12.2. The van der Waals surface area contributed by atoms with E-state index in [4.69, 9.17) is 4.98 Å². The number of carboxylic acid groups (broad SMARTS) is 1. The zero-order valence-electron chi connectivity index (χ0n) is 19.8. The van der Waals surface area contributed by atoms with E-state index >= 15 is 0 Å². The molecule has 0 spiro atoms. The molecule has 1 unspecified atom stereocenters. The molecule has 0 saturated heterocycles. The number of aliphatic carboxylic acids is 1. The number of hydrogen-bond acceptors (Lipinski definition) is 7. The van der Waals surface area contributed by atoms with E-state index in [0.29, 0.717) is 23.6 Å². The highest BCUT2D eigenvalue weighted by Crippen LogP contribution is 2.26. The fraction of sp³-hybridized carbons (Fsp3) is 0.333. The minimum absolute atomic E-state index is 0.137. The molecule has 35 heavy (non-hydrogen) atoms. The molecule has 0 fully saturated rings. The van der Waals surface area contributed by atoms with E-state index in [9.17, 15) is 14.7 Å². The number of carboxylic acids is 1. The van der Waals surface area contributed by atoms with Gasteiger partial charge in [0.2, 0.25) is 0 Å². The third-order valence-corrected chi connectivity index (χ3v) is 6.61. The summed E-state index contributed by atoms with van der Waals surface area (Å²) in [6, 6.07) is 3.20. The van der Waals surface area contributed by atoms with Crippen molar-refractivity contribution in [3.63, 3.8) is 0 Å². The van der Waals surface area contributed by atoms with Crippen molar-refractivity contribution >= 4 is 23.2 Å². The van der Waals surface area contributed by atoms with Crippen LogP contribution in [0.15, 0.2) is 42.4 Å². The number of carbonyl (C=O) groups is 2. The number of rotatable bonds is 10. The predicted octanol–water partition coefficient (Wildman–Crippen LogP) is 3.81. The van der Waals surface area contributed by atoms with Crippen molar-refractivity contribution < 1.29 is 14.7 Å². The van der Waals surface area contributed by atoms with Crippen LogP contribution in [0.1, 0.15) is 60.0 Å². The van der Waals surface area contributed by atoms with Gasteiger partial charge in [-0.2, -0.15) is 5.10 Å². The maximum absolute atomic E-state index is 13.1. The largest absolute Gasteiger partial charge is 0.480 e. The Hall–Kier alpha value is -3.86. The quantitative estimate of drug-likeness (QED) is 0.344. The van der Waals surface area contributed by atoms with E-state index in [1.807, 2.05) is 24.4 Å². The highest BCUT2D eigenvalue weighted by atomic mass is 32.1. The van der Waals surface area contributed by atoms with Gasteiger partial charge in [0.25, 0.3) is 11.9 Å². The van der Waals surface area contributed by atoms with E-state index < -0.39 is 12.0 Å². The van der Waals surface area contributed by atoms with Gasteiger partial charge in [-0.15, -0.1) is 11.3 Å². The lowest BCUT2D eigenvalue weighted by molar-refractivity contribution is -0.140. The maximum atomic E-state index is 13.1. The Morgan fingerprint density at radius 2 is 2.09 bits per heavy atom. The number of nitrogens with zero attached hydrogens (tertiary/aromatic N) is 6. The Balaban J connectivity index is 1.61. The first kappa shape index (κ1) is 24.3. The summed E-state index contributed by atoms with van der Waals surface area (Å²) in [7, 11) is 0. The average molecular weight is 494 g/mol. The molecule has 0 aromatic carbocycles. The second-order valence-corrected chi connectivity index (χ2v) is 9.14. The monoisotopic (exact) mass is 493 g/mol. The van der Waals surface area contributed by atoms with Crippen LogP contribution in [0.25, 0.3) is 16.5 Å². The van der Waals surface area contributed by atoms with Crippen LogP contribution in [0.3, 0.4) is 0 Å². The molecule has 1 atom stereocenters. The van der Waals surface area contributed by atoms with Crippen LogP contribution in [0.2, 0.25) is 0 Å². The minimum atomic E-state index is -0.973. The number of aryl methyl sites for hydroxylation is 1. The van der Waals surface area contributed by atoms with Gasteiger partial charge in [0, 0.05) is 12.4 Å². The maximum Gasteiger partial charge on any atom is 0.326 e. The molecule has 4 aromatic rings. The smallest absolute Gasteiger partial charge is 0.326 e. The third-order valence-electron chi connectivity index (χ3n) is 5.73. The zero-order valence-corrected chi connectivity index (χ0v) is 20.6. The summed E-state index contributed by atoms with van der Waals surface area (Å²) >= 11 is 1.60. The number of carbonyl (C=O) groups excluding carboxylic acids is 1. The molecule has 0 aliphatic heterocycles. The highest BCUT2D eigenvalue weighted by Gasteiger charge is 2.22. The summed E-state index contributed by atoms with van der Waals surface area (Å²) in [6.07, 6.45) is 8.77. The molecule has 182 valence electrons. The zero-order chi connectivity index (χ0) is 24.9. The highest BCUT2D eigenvalue weighted by molar-refractivity contribution is 7.13. The summed E-state index contributed by atoms with van der Waals surface area (Å²) in [6.45, 7) is 5.75. The van der Waals surface area contributed by atoms with Gasteiger partial charge in [-0.25, -0.2) is 24.4 Å². The normalized spacial score (nSPS) is 12.0. The van der Waals surface area contributed by atoms with Crippen LogP contribution < -0.4 is 5.32 Å². The molecular weight excluding hydrogens is 466 g/mol. The van der Waals surface area contributed by atoms with Crippen molar-refractivity contribution in [2.75, 3.05) is 0 Å². The SMILES string of the molecule is CCCCc1c(C(=O)NCc2cncn2C(C)C(=O)O)cnn1-c1ncc(C)c(-c2cccs2)n1. The second-order valence-electron chi connectivity index (χ2n) is 8.19. The molecule has 0 aliphatic rings. The number of unbranched alkanes of at least 4 members (excludes halogenated alkanes) is 1. The number of thiophene rings is 1. The molecular formula is C24H27N7O3S. The molecule has 10 nitrogen and oxygen atoms in total. The summed E-state index contributed by atoms with van der Waals surface area (Å²) < 4.78 is 3.16. The summed E-state index contributed by atoms with van der Waals surface area (Å²) in [4.78, 5) is 38.8. The average Bonchev–Trinajstić information content (AvgIpc) is 3.62. The van der Waals surface area contributed by atoms with E-state index in [2.05, 4.69) is 27.3 Å². The second kappa shape index (κ2) is 10.6. The molecule has 0 radical (unpaired) electrons. The van der Waals surface area contributed by atoms with E-state index in [-0.39, 0.29) is 12.5 Å². The molecule has 4 rings (SSSR count). The predicted molar refractivity (Wildman–Crippen MR) is 132 cm³/mol. The fourth-order valence-corrected chi connectivity index (χ4v) is 4.50. The van der Waals surface area contributed by atoms with Crippen molar-refractivity contribution in [1.82, 2.24) is 34.6 Å². The lowest BCUT2D eigenvalue weighted by Gasteiger charge is -2.13. The molecule has 0 bridgehead atoms. The number of amides is 1. The number of nitrogens with one attached hydrogen (secondary N) is 1. The van der Waals surface area contributed by atoms with Gasteiger partial charge in [-0.05, 0) is 43.7 Å². The summed E-state index contributed by atoms with van der Waals surface area (Å²) in [5.41, 5.74) is 3.57. The summed E-state index contributed by atoms with van der Waals surface area (Å²) in [5.74, 6) is -0.861. The lowest BCUT2D eigenvalue weighted by Crippen LogP contribution is -2.26. The first-order chi connectivity index (χ1) is 16.9. The topological polar surface area (TPSA) is 128 Å². The third kappa shape index (κ3) is 5.14. The summed E-state index contributed by atoms with van der Waals surface area (Å²) in [5, 5.41) is 18.6. The van der Waals surface area contributed by atoms with Crippen LogP contribution in [0.5, 0.6) is 0 Å². The van der Waals surface area contributed by atoms with Crippen LogP contribution in [0.4, 0.5) is 0 Å². The van der Waals surface area contributed by atoms with Gasteiger partial charge < -0.3 is 15.0 Å². The Bertz CT molecular complexity index is 1330. The van der Waals surface area contributed by atoms with Gasteiger partial charge in [-0.3, -0.25) is 4.79 Å². The van der Waals surface area contributed by atoms with E-state index in [1.165, 1.54) is 17.1 Å². The van der Waals surface area contributed by atoms with Crippen molar-refractivity contribution in [2.45, 2.75) is 52.6 Å². The molecule has 0 aliphatic carbocycles. The Kier molecular flexibility index (Phi) is 7.35. The van der Waals surface area contributed by atoms with Crippen molar-refractivity contribution in [2.24, 2.45) is 0 Å². The van der Waals surface area contributed by atoms with Crippen LogP contribution >= 0.6 is 11.3 Å². The molecule has 4 heterocycles. The number of imidazole rings is 1. The van der Waals surface area contributed by atoms with Gasteiger partial charge >= 0.3 is 5.97 Å². The van der Waals surface area contributed by atoms with E-state index in [0.717, 1.165) is 34.7 Å². The Morgan fingerprint density at radius 3 is 2.80 bits per heavy atom. The molecule has 11 heteroatoms. The Labute approximate surface area is 206 Å². The molecule has 4 aromatic heterocycles. The Morgan fingerprint density at radius 1 is 1.26 bits per heavy atom. The van der Waals surface area contributed by atoms with Crippen LogP contribution in [-0.2, 0) is 17.8 Å². The molecule has 0 saturated carbocycles. The van der Waals surface area contributed by atoms with E-state index in [1.54, 1.807) is 35.3 Å².